The SMILES string of the molecule is CCn1cnc(S(=O)(=O)N(CC#N)C2CCCC2)c1. The number of rotatable bonds is 5. The molecule has 6 nitrogen and oxygen atoms in total. The van der Waals surface area contributed by atoms with Crippen molar-refractivity contribution in [1.82, 2.24) is 13.9 Å². The molecular formula is C12H18N4O2S. The molecule has 0 spiro atoms. The van der Waals surface area contributed by atoms with Gasteiger partial charge in [0.2, 0.25) is 0 Å². The molecule has 7 heteroatoms. The van der Waals surface area contributed by atoms with Crippen molar-refractivity contribution in [2.45, 2.75) is 50.2 Å². The van der Waals surface area contributed by atoms with Gasteiger partial charge in [0.05, 0.1) is 12.4 Å². The van der Waals surface area contributed by atoms with Crippen LogP contribution >= 0.6 is 0 Å². The Kier molecular flexibility index (Phi) is 4.22. The second-order valence-corrected chi connectivity index (χ2v) is 6.53. The zero-order chi connectivity index (χ0) is 13.9. The number of imidazole rings is 1. The maximum absolute atomic E-state index is 12.5. The molecule has 1 aromatic rings. The number of aromatic nitrogens is 2. The van der Waals surface area contributed by atoms with Crippen LogP contribution in [0.5, 0.6) is 0 Å². The molecule has 2 rings (SSSR count). The highest BCUT2D eigenvalue weighted by Crippen LogP contribution is 2.27. The van der Waals surface area contributed by atoms with E-state index in [0.29, 0.717) is 6.54 Å². The summed E-state index contributed by atoms with van der Waals surface area (Å²) in [6.45, 7) is 2.48. The summed E-state index contributed by atoms with van der Waals surface area (Å²) < 4.78 is 28.1. The van der Waals surface area contributed by atoms with E-state index < -0.39 is 10.0 Å². The standard InChI is InChI=1S/C12H18N4O2S/c1-2-15-9-12(14-10-15)19(17,18)16(8-7-13)11-5-3-4-6-11/h9-11H,2-6,8H2,1H3. The van der Waals surface area contributed by atoms with Crippen LogP contribution in [0.3, 0.4) is 0 Å². The van der Waals surface area contributed by atoms with E-state index in [1.165, 1.54) is 16.8 Å². The third-order valence-electron chi connectivity index (χ3n) is 3.51. The summed E-state index contributed by atoms with van der Waals surface area (Å²) in [4.78, 5) is 3.96. The summed E-state index contributed by atoms with van der Waals surface area (Å²) in [5.74, 6) is 0. The highest BCUT2D eigenvalue weighted by atomic mass is 32.2. The number of nitrogens with zero attached hydrogens (tertiary/aromatic N) is 4. The van der Waals surface area contributed by atoms with Crippen LogP contribution in [0.25, 0.3) is 0 Å². The van der Waals surface area contributed by atoms with E-state index >= 15 is 0 Å². The van der Waals surface area contributed by atoms with Crippen molar-refractivity contribution in [3.05, 3.63) is 12.5 Å². The van der Waals surface area contributed by atoms with Gasteiger partial charge in [-0.3, -0.25) is 0 Å². The van der Waals surface area contributed by atoms with E-state index in [9.17, 15) is 8.42 Å². The van der Waals surface area contributed by atoms with Gasteiger partial charge < -0.3 is 4.57 Å². The normalized spacial score (nSPS) is 16.9. The molecule has 0 atom stereocenters. The van der Waals surface area contributed by atoms with Gasteiger partial charge in [-0.15, -0.1) is 0 Å². The van der Waals surface area contributed by atoms with Gasteiger partial charge in [0, 0.05) is 18.8 Å². The monoisotopic (exact) mass is 282 g/mol. The summed E-state index contributed by atoms with van der Waals surface area (Å²) in [6, 6.07) is 1.89. The van der Waals surface area contributed by atoms with Crippen molar-refractivity contribution in [1.29, 1.82) is 5.26 Å². The predicted molar refractivity (Wildman–Crippen MR) is 69.7 cm³/mol. The largest absolute Gasteiger partial charge is 0.336 e. The van der Waals surface area contributed by atoms with Gasteiger partial charge in [-0.1, -0.05) is 12.8 Å². The zero-order valence-electron chi connectivity index (χ0n) is 11.0. The van der Waals surface area contributed by atoms with E-state index in [4.69, 9.17) is 5.26 Å². The zero-order valence-corrected chi connectivity index (χ0v) is 11.8. The predicted octanol–water partition coefficient (Wildman–Crippen LogP) is 1.36. The molecule has 1 aromatic heterocycles. The summed E-state index contributed by atoms with van der Waals surface area (Å²) in [6.07, 6.45) is 6.72. The lowest BCUT2D eigenvalue weighted by Gasteiger charge is -2.24. The highest BCUT2D eigenvalue weighted by Gasteiger charge is 2.34. The van der Waals surface area contributed by atoms with Crippen LogP contribution in [0.15, 0.2) is 17.6 Å². The van der Waals surface area contributed by atoms with Crippen LogP contribution in [-0.2, 0) is 16.6 Å². The molecule has 1 heterocycles. The van der Waals surface area contributed by atoms with E-state index in [1.807, 2.05) is 13.0 Å². The molecular weight excluding hydrogens is 264 g/mol. The lowest BCUT2D eigenvalue weighted by Crippen LogP contribution is -2.39. The van der Waals surface area contributed by atoms with Crippen molar-refractivity contribution in [2.75, 3.05) is 6.54 Å². The molecule has 0 aliphatic heterocycles. The number of hydrogen-bond donors (Lipinski definition) is 0. The molecule has 19 heavy (non-hydrogen) atoms. The molecule has 0 unspecified atom stereocenters. The Bertz CT molecular complexity index is 567. The molecule has 104 valence electrons. The van der Waals surface area contributed by atoms with Crippen LogP contribution in [-0.4, -0.2) is 34.9 Å². The molecule has 0 aromatic carbocycles. The fraction of sp³-hybridized carbons (Fsp3) is 0.667. The lowest BCUT2D eigenvalue weighted by atomic mass is 10.2. The Hall–Kier alpha value is -1.39. The molecule has 1 aliphatic rings. The molecule has 0 radical (unpaired) electrons. The molecule has 0 saturated heterocycles. The summed E-state index contributed by atoms with van der Waals surface area (Å²) in [5.41, 5.74) is 0. The smallest absolute Gasteiger partial charge is 0.263 e. The van der Waals surface area contributed by atoms with Gasteiger partial charge >= 0.3 is 0 Å². The summed E-state index contributed by atoms with van der Waals surface area (Å²) in [5, 5.41) is 8.92. The van der Waals surface area contributed by atoms with E-state index in [-0.39, 0.29) is 17.6 Å². The number of hydrogen-bond acceptors (Lipinski definition) is 4. The second kappa shape index (κ2) is 5.72. The van der Waals surface area contributed by atoms with Gasteiger partial charge in [0.15, 0.2) is 5.03 Å². The van der Waals surface area contributed by atoms with Crippen molar-refractivity contribution < 1.29 is 8.42 Å². The van der Waals surface area contributed by atoms with Crippen molar-refractivity contribution in [2.24, 2.45) is 0 Å². The first-order valence-corrected chi connectivity index (χ1v) is 7.94. The van der Waals surface area contributed by atoms with Gasteiger partial charge in [0.1, 0.15) is 6.54 Å². The molecule has 0 amide bonds. The number of aryl methyl sites for hydroxylation is 1. The number of sulfonamides is 1. The van der Waals surface area contributed by atoms with E-state index in [1.54, 1.807) is 4.57 Å². The van der Waals surface area contributed by atoms with Crippen molar-refractivity contribution in [3.63, 3.8) is 0 Å². The minimum atomic E-state index is -3.66. The minimum absolute atomic E-state index is 0.0384. The summed E-state index contributed by atoms with van der Waals surface area (Å²) in [7, 11) is -3.66. The fourth-order valence-corrected chi connectivity index (χ4v) is 3.96. The van der Waals surface area contributed by atoms with Gasteiger partial charge in [-0.2, -0.15) is 9.57 Å². The number of nitriles is 1. The lowest BCUT2D eigenvalue weighted by molar-refractivity contribution is 0.349. The van der Waals surface area contributed by atoms with Crippen molar-refractivity contribution in [3.8, 4) is 6.07 Å². The van der Waals surface area contributed by atoms with Crippen LogP contribution in [0.2, 0.25) is 0 Å². The Morgan fingerprint density at radius 3 is 2.74 bits per heavy atom. The first-order valence-electron chi connectivity index (χ1n) is 6.50. The molecule has 0 N–H and O–H groups in total. The third-order valence-corrected chi connectivity index (χ3v) is 5.29. The minimum Gasteiger partial charge on any atom is -0.336 e. The Labute approximate surface area is 113 Å². The molecule has 1 saturated carbocycles. The quantitative estimate of drug-likeness (QED) is 0.764. The first-order chi connectivity index (χ1) is 9.09. The maximum Gasteiger partial charge on any atom is 0.263 e. The maximum atomic E-state index is 12.5. The molecule has 1 fully saturated rings. The van der Waals surface area contributed by atoms with Crippen LogP contribution in [0, 0.1) is 11.3 Å². The first kappa shape index (κ1) is 14.0. The Morgan fingerprint density at radius 1 is 1.53 bits per heavy atom. The topological polar surface area (TPSA) is 79.0 Å². The van der Waals surface area contributed by atoms with Crippen LogP contribution in [0.1, 0.15) is 32.6 Å². The fourth-order valence-electron chi connectivity index (χ4n) is 2.44. The van der Waals surface area contributed by atoms with E-state index in [2.05, 4.69) is 4.98 Å². The average molecular weight is 282 g/mol. The Balaban J connectivity index is 2.31. The van der Waals surface area contributed by atoms with Crippen molar-refractivity contribution >= 4 is 10.0 Å². The third kappa shape index (κ3) is 2.80. The van der Waals surface area contributed by atoms with Gasteiger partial charge in [-0.05, 0) is 19.8 Å². The highest BCUT2D eigenvalue weighted by molar-refractivity contribution is 7.89. The summed E-state index contributed by atoms with van der Waals surface area (Å²) >= 11 is 0. The van der Waals surface area contributed by atoms with E-state index in [0.717, 1.165) is 25.7 Å². The van der Waals surface area contributed by atoms with Crippen LogP contribution in [0.4, 0.5) is 0 Å². The second-order valence-electron chi connectivity index (χ2n) is 4.69. The molecule has 1 aliphatic carbocycles. The van der Waals surface area contributed by atoms with Gasteiger partial charge in [-0.25, -0.2) is 13.4 Å². The van der Waals surface area contributed by atoms with Gasteiger partial charge in [0.25, 0.3) is 10.0 Å². The average Bonchev–Trinajstić information content (AvgIpc) is 3.06. The Morgan fingerprint density at radius 2 is 2.21 bits per heavy atom. The molecule has 0 bridgehead atoms. The van der Waals surface area contributed by atoms with Crippen LogP contribution < -0.4 is 0 Å².